The first-order valence-electron chi connectivity index (χ1n) is 9.38. The molecule has 0 unspecified atom stereocenters. The minimum absolute atomic E-state index is 0.117. The van der Waals surface area contributed by atoms with Gasteiger partial charge in [0.25, 0.3) is 11.8 Å². The third kappa shape index (κ3) is 3.80. The molecule has 3 aromatic carbocycles. The van der Waals surface area contributed by atoms with Crippen LogP contribution in [0.3, 0.4) is 0 Å². The highest BCUT2D eigenvalue weighted by molar-refractivity contribution is 6.36. The van der Waals surface area contributed by atoms with E-state index in [4.69, 9.17) is 4.74 Å². The Labute approximate surface area is 173 Å². The monoisotopic (exact) mass is 402 g/mol. The summed E-state index contributed by atoms with van der Waals surface area (Å²) in [6.45, 7) is 0.117. The Morgan fingerprint density at radius 2 is 1.53 bits per heavy atom. The largest absolute Gasteiger partial charge is 0.497 e. The molecule has 0 aromatic heterocycles. The Morgan fingerprint density at radius 1 is 0.867 bits per heavy atom. The predicted octanol–water partition coefficient (Wildman–Crippen LogP) is 4.23. The number of halogens is 1. The maximum Gasteiger partial charge on any atom is 0.278 e. The predicted molar refractivity (Wildman–Crippen MR) is 112 cm³/mol. The van der Waals surface area contributed by atoms with Crippen molar-refractivity contribution >= 4 is 23.1 Å². The molecule has 1 aliphatic heterocycles. The molecule has 30 heavy (non-hydrogen) atoms. The number of hydrogen-bond donors (Lipinski definition) is 1. The molecule has 5 nitrogen and oxygen atoms in total. The number of amides is 2. The lowest BCUT2D eigenvalue weighted by Gasteiger charge is -2.15. The molecule has 1 aliphatic rings. The summed E-state index contributed by atoms with van der Waals surface area (Å²) < 4.78 is 18.6. The minimum Gasteiger partial charge on any atom is -0.497 e. The van der Waals surface area contributed by atoms with Crippen LogP contribution in [0.2, 0.25) is 0 Å². The minimum atomic E-state index is -0.431. The zero-order valence-corrected chi connectivity index (χ0v) is 16.3. The van der Waals surface area contributed by atoms with E-state index in [1.165, 1.54) is 29.2 Å². The molecule has 0 spiro atoms. The summed E-state index contributed by atoms with van der Waals surface area (Å²) in [5.41, 5.74) is 2.34. The standard InChI is InChI=1S/C24H19FN2O3/c1-30-20-13-7-16(8-14-20)15-27-23(28)21(17-9-11-18(25)12-10-17)22(24(27)29)26-19-5-3-2-4-6-19/h2-14,26H,15H2,1H3. The summed E-state index contributed by atoms with van der Waals surface area (Å²) in [6, 6.07) is 21.8. The van der Waals surface area contributed by atoms with E-state index in [2.05, 4.69) is 5.32 Å². The third-order valence-electron chi connectivity index (χ3n) is 4.84. The number of carbonyl (C=O) groups excluding carboxylic acids is 2. The molecule has 4 rings (SSSR count). The lowest BCUT2D eigenvalue weighted by Crippen LogP contribution is -2.32. The molecule has 0 saturated carbocycles. The van der Waals surface area contributed by atoms with Gasteiger partial charge in [-0.1, -0.05) is 42.5 Å². The molecule has 1 N–H and O–H groups in total. The van der Waals surface area contributed by atoms with Gasteiger partial charge in [-0.3, -0.25) is 14.5 Å². The summed E-state index contributed by atoms with van der Waals surface area (Å²) in [5, 5.41) is 3.07. The van der Waals surface area contributed by atoms with Crippen molar-refractivity contribution < 1.29 is 18.7 Å². The van der Waals surface area contributed by atoms with Crippen molar-refractivity contribution in [2.75, 3.05) is 12.4 Å². The number of nitrogens with one attached hydrogen (secondary N) is 1. The second kappa shape index (κ2) is 8.21. The smallest absolute Gasteiger partial charge is 0.278 e. The molecule has 0 aliphatic carbocycles. The maximum absolute atomic E-state index is 13.4. The van der Waals surface area contributed by atoms with Gasteiger partial charge in [-0.2, -0.15) is 0 Å². The van der Waals surface area contributed by atoms with E-state index >= 15 is 0 Å². The van der Waals surface area contributed by atoms with Crippen LogP contribution in [0.25, 0.3) is 5.57 Å². The van der Waals surface area contributed by atoms with Crippen LogP contribution in [0.4, 0.5) is 10.1 Å². The van der Waals surface area contributed by atoms with Gasteiger partial charge in [-0.05, 0) is 47.5 Å². The van der Waals surface area contributed by atoms with Crippen LogP contribution < -0.4 is 10.1 Å². The highest BCUT2D eigenvalue weighted by Gasteiger charge is 2.39. The van der Waals surface area contributed by atoms with Crippen LogP contribution in [0.15, 0.2) is 84.6 Å². The SMILES string of the molecule is COc1ccc(CN2C(=O)C(Nc3ccccc3)=C(c3ccc(F)cc3)C2=O)cc1. The van der Waals surface area contributed by atoms with Gasteiger partial charge in [0.05, 0.1) is 19.2 Å². The van der Waals surface area contributed by atoms with Crippen LogP contribution >= 0.6 is 0 Å². The second-order valence-corrected chi connectivity index (χ2v) is 6.79. The van der Waals surface area contributed by atoms with E-state index in [0.717, 1.165) is 5.56 Å². The van der Waals surface area contributed by atoms with Gasteiger partial charge < -0.3 is 10.1 Å². The Balaban J connectivity index is 1.70. The maximum atomic E-state index is 13.4. The number of rotatable bonds is 6. The van der Waals surface area contributed by atoms with E-state index < -0.39 is 17.6 Å². The molecule has 0 saturated heterocycles. The molecule has 6 heteroatoms. The first-order valence-corrected chi connectivity index (χ1v) is 9.38. The molecule has 2 amide bonds. The Bertz CT molecular complexity index is 1110. The average Bonchev–Trinajstić information content (AvgIpc) is 3.00. The van der Waals surface area contributed by atoms with Crippen molar-refractivity contribution in [3.8, 4) is 5.75 Å². The molecular weight excluding hydrogens is 383 g/mol. The number of para-hydroxylation sites is 1. The van der Waals surface area contributed by atoms with Crippen molar-refractivity contribution in [2.45, 2.75) is 6.54 Å². The number of imide groups is 1. The summed E-state index contributed by atoms with van der Waals surface area (Å²) in [4.78, 5) is 27.6. The van der Waals surface area contributed by atoms with Crippen LogP contribution in [0, 0.1) is 5.82 Å². The fraction of sp³-hybridized carbons (Fsp3) is 0.0833. The fourth-order valence-electron chi connectivity index (χ4n) is 3.30. The second-order valence-electron chi connectivity index (χ2n) is 6.79. The first-order chi connectivity index (χ1) is 14.6. The van der Waals surface area contributed by atoms with Gasteiger partial charge in [-0.15, -0.1) is 0 Å². The third-order valence-corrected chi connectivity index (χ3v) is 4.84. The summed E-state index contributed by atoms with van der Waals surface area (Å²) in [6.07, 6.45) is 0. The lowest BCUT2D eigenvalue weighted by atomic mass is 10.0. The van der Waals surface area contributed by atoms with E-state index in [-0.39, 0.29) is 17.8 Å². The van der Waals surface area contributed by atoms with E-state index in [0.29, 0.717) is 17.0 Å². The summed E-state index contributed by atoms with van der Waals surface area (Å²) in [5.74, 6) is -0.585. The summed E-state index contributed by atoms with van der Waals surface area (Å²) in [7, 11) is 1.57. The highest BCUT2D eigenvalue weighted by Crippen LogP contribution is 2.31. The zero-order chi connectivity index (χ0) is 21.1. The Morgan fingerprint density at radius 3 is 2.17 bits per heavy atom. The molecule has 3 aromatic rings. The van der Waals surface area contributed by atoms with Crippen LogP contribution in [0.5, 0.6) is 5.75 Å². The van der Waals surface area contributed by atoms with Gasteiger partial charge >= 0.3 is 0 Å². The number of hydrogen-bond acceptors (Lipinski definition) is 4. The molecule has 1 heterocycles. The van der Waals surface area contributed by atoms with E-state index in [9.17, 15) is 14.0 Å². The van der Waals surface area contributed by atoms with Crippen LogP contribution in [0.1, 0.15) is 11.1 Å². The molecule has 0 bridgehead atoms. The Hall–Kier alpha value is -3.93. The molecule has 0 fully saturated rings. The van der Waals surface area contributed by atoms with Crippen molar-refractivity contribution in [1.82, 2.24) is 4.90 Å². The fourth-order valence-corrected chi connectivity index (χ4v) is 3.30. The number of anilines is 1. The summed E-state index contributed by atoms with van der Waals surface area (Å²) >= 11 is 0. The van der Waals surface area contributed by atoms with Crippen LogP contribution in [-0.4, -0.2) is 23.8 Å². The molecule has 0 atom stereocenters. The van der Waals surface area contributed by atoms with Gasteiger partial charge in [0.15, 0.2) is 0 Å². The van der Waals surface area contributed by atoms with Crippen molar-refractivity contribution in [2.24, 2.45) is 0 Å². The molecular formula is C24H19FN2O3. The van der Waals surface area contributed by atoms with Gasteiger partial charge in [-0.25, -0.2) is 4.39 Å². The normalized spacial score (nSPS) is 13.7. The first kappa shape index (κ1) is 19.4. The lowest BCUT2D eigenvalue weighted by molar-refractivity contribution is -0.137. The average molecular weight is 402 g/mol. The number of ether oxygens (including phenoxy) is 1. The van der Waals surface area contributed by atoms with Crippen molar-refractivity contribution in [3.05, 3.63) is 102 Å². The number of methoxy groups -OCH3 is 1. The van der Waals surface area contributed by atoms with Crippen LogP contribution in [-0.2, 0) is 16.1 Å². The topological polar surface area (TPSA) is 58.6 Å². The molecule has 150 valence electrons. The van der Waals surface area contributed by atoms with E-state index in [1.807, 2.05) is 18.2 Å². The van der Waals surface area contributed by atoms with E-state index in [1.54, 1.807) is 43.5 Å². The quantitative estimate of drug-likeness (QED) is 0.627. The number of nitrogens with zero attached hydrogens (tertiary/aromatic N) is 1. The Kier molecular flexibility index (Phi) is 5.30. The van der Waals surface area contributed by atoms with Crippen molar-refractivity contribution in [1.29, 1.82) is 0 Å². The number of carbonyl (C=O) groups is 2. The number of benzene rings is 3. The van der Waals surface area contributed by atoms with Gasteiger partial charge in [0.2, 0.25) is 0 Å². The highest BCUT2D eigenvalue weighted by atomic mass is 19.1. The van der Waals surface area contributed by atoms with Gasteiger partial charge in [0.1, 0.15) is 17.3 Å². The van der Waals surface area contributed by atoms with Gasteiger partial charge in [0, 0.05) is 5.69 Å². The zero-order valence-electron chi connectivity index (χ0n) is 16.3. The molecule has 0 radical (unpaired) electrons. The van der Waals surface area contributed by atoms with Crippen molar-refractivity contribution in [3.63, 3.8) is 0 Å².